The maximum Gasteiger partial charge on any atom is 0.312 e. The van der Waals surface area contributed by atoms with Crippen LogP contribution in [0.3, 0.4) is 0 Å². The fraction of sp³-hybridized carbons (Fsp3) is 0.606. The van der Waals surface area contributed by atoms with Crippen molar-refractivity contribution in [2.45, 2.75) is 191 Å². The first-order valence-corrected chi connectivity index (χ1v) is 39.6. The highest BCUT2D eigenvalue weighted by molar-refractivity contribution is 8.76. The summed E-state index contributed by atoms with van der Waals surface area (Å²) in [4.78, 5) is 240. The van der Waals surface area contributed by atoms with Crippen molar-refractivity contribution in [3.63, 3.8) is 0 Å². The van der Waals surface area contributed by atoms with Gasteiger partial charge in [0.05, 0.1) is 72.7 Å². The molecule has 5 heterocycles. The zero-order chi connectivity index (χ0) is 82.3. The van der Waals surface area contributed by atoms with E-state index in [0.717, 1.165) is 33.4 Å². The van der Waals surface area contributed by atoms with Gasteiger partial charge >= 0.3 is 18.0 Å². The van der Waals surface area contributed by atoms with E-state index in [0.29, 0.717) is 16.5 Å². The van der Waals surface area contributed by atoms with Crippen LogP contribution in [-0.4, -0.2) is 233 Å². The molecular formula is C71H104N20O19S2. The Morgan fingerprint density at radius 3 is 1.99 bits per heavy atom. The van der Waals surface area contributed by atoms with E-state index >= 15 is 19.2 Å². The van der Waals surface area contributed by atoms with Gasteiger partial charge in [0.1, 0.15) is 6.04 Å². The number of aliphatic carboxylic acids is 2. The molecule has 39 nitrogen and oxygen atoms in total. The number of aryl methyl sites for hydroxylation is 1. The molecule has 4 bridgehead atoms. The number of aromatic amines is 1. The molecule has 0 saturated carbocycles. The predicted octanol–water partition coefficient (Wildman–Crippen LogP) is -2.68. The number of ketones is 6. The summed E-state index contributed by atoms with van der Waals surface area (Å²) >= 11 is 0. The van der Waals surface area contributed by atoms with Crippen LogP contribution in [0.1, 0.15) is 140 Å². The number of aliphatic hydroxyl groups is 1. The van der Waals surface area contributed by atoms with Crippen LogP contribution in [-0.2, 0) is 91.3 Å². The van der Waals surface area contributed by atoms with Crippen molar-refractivity contribution in [1.29, 1.82) is 0 Å². The fourth-order valence-electron chi connectivity index (χ4n) is 13.7. The molecule has 0 spiro atoms. The molecule has 3 aliphatic heterocycles. The Morgan fingerprint density at radius 1 is 0.688 bits per heavy atom. The highest BCUT2D eigenvalue weighted by Gasteiger charge is 2.43. The number of aromatic nitrogens is 4. The third-order valence-corrected chi connectivity index (χ3v) is 22.1. The number of carboxylic acid groups (broad SMARTS) is 2. The van der Waals surface area contributed by atoms with Crippen LogP contribution >= 0.6 is 21.6 Å². The number of benzene rings is 1. The van der Waals surface area contributed by atoms with E-state index in [9.17, 15) is 72.9 Å². The lowest BCUT2D eigenvalue weighted by atomic mass is 9.88. The number of urea groups is 1. The molecule has 1 aromatic carbocycles. The Labute approximate surface area is 652 Å². The first kappa shape index (κ1) is 90.5. The van der Waals surface area contributed by atoms with E-state index in [1.165, 1.54) is 10.9 Å². The number of hydrogen-bond donors (Lipinski definition) is 17. The van der Waals surface area contributed by atoms with E-state index < -0.39 is 236 Å². The van der Waals surface area contributed by atoms with Crippen LogP contribution in [0, 0.1) is 35.5 Å². The molecule has 3 aromatic rings. The van der Waals surface area contributed by atoms with Gasteiger partial charge in [0.25, 0.3) is 0 Å². The summed E-state index contributed by atoms with van der Waals surface area (Å²) < 4.78 is 1.28. The van der Waals surface area contributed by atoms with E-state index in [1.807, 2.05) is 0 Å². The summed E-state index contributed by atoms with van der Waals surface area (Å²) in [6.45, 7) is 0.110. The molecule has 41 heteroatoms. The summed E-state index contributed by atoms with van der Waals surface area (Å²) in [5.74, 6) is -24.4. The first-order chi connectivity index (χ1) is 53.2. The topological polar surface area (TPSA) is 663 Å². The van der Waals surface area contributed by atoms with Crippen molar-refractivity contribution in [3.8, 4) is 0 Å². The molecule has 3 aliphatic rings. The predicted molar refractivity (Wildman–Crippen MR) is 409 cm³/mol. The Bertz CT molecular complexity index is 3940. The second-order valence-electron chi connectivity index (χ2n) is 28.4. The van der Waals surface area contributed by atoms with Crippen molar-refractivity contribution in [2.75, 3.05) is 44.2 Å². The number of carboxylic acids is 2. The van der Waals surface area contributed by atoms with Crippen LogP contribution in [0.2, 0.25) is 0 Å². The molecule has 6 rings (SSSR count). The Morgan fingerprint density at radius 2 is 1.32 bits per heavy atom. The summed E-state index contributed by atoms with van der Waals surface area (Å²) in [5, 5.41) is 56.6. The van der Waals surface area contributed by atoms with Crippen LogP contribution in [0.15, 0.2) is 46.6 Å². The minimum atomic E-state index is -1.87. The maximum absolute atomic E-state index is 15.5. The molecular weight excluding hydrogens is 1500 g/mol. The van der Waals surface area contributed by atoms with Gasteiger partial charge in [0.2, 0.25) is 41.4 Å². The van der Waals surface area contributed by atoms with Crippen LogP contribution in [0.4, 0.5) is 4.79 Å². The molecule has 0 aliphatic carbocycles. The molecule has 2 fully saturated rings. The average molecular weight is 1610 g/mol. The zero-order valence-corrected chi connectivity index (χ0v) is 64.0. The number of nitrogens with two attached hydrogens (primary N) is 7. The number of carbonyl (C=O) groups excluding carboxylic acids is 14. The van der Waals surface area contributed by atoms with Crippen LogP contribution in [0.5, 0.6) is 0 Å². The number of nitrogens with one attached hydrogen (secondary N) is 7. The summed E-state index contributed by atoms with van der Waals surface area (Å²) in [5.41, 5.74) is 40.3. The summed E-state index contributed by atoms with van der Waals surface area (Å²) in [7, 11) is 1.83. The number of aliphatic hydroxyl groups excluding tert-OH is 1. The largest absolute Gasteiger partial charge is 0.481 e. The van der Waals surface area contributed by atoms with Gasteiger partial charge in [-0.1, -0.05) is 45.0 Å². The average Bonchev–Trinajstić information content (AvgIpc) is 1.63. The zero-order valence-electron chi connectivity index (χ0n) is 62.4. The number of fused-ring (bicyclic) bond motifs is 12. The first-order valence-electron chi connectivity index (χ1n) is 37.1. The monoisotopic (exact) mass is 1600 g/mol. The van der Waals surface area contributed by atoms with E-state index in [2.05, 4.69) is 57.2 Å². The molecule has 24 N–H and O–H groups in total. The van der Waals surface area contributed by atoms with Gasteiger partial charge in [0.15, 0.2) is 46.6 Å². The molecule has 0 radical (unpaired) electrons. The molecule has 112 heavy (non-hydrogen) atoms. The van der Waals surface area contributed by atoms with Crippen molar-refractivity contribution < 1.29 is 92.0 Å². The third-order valence-electron chi connectivity index (χ3n) is 19.7. The molecule has 0 unspecified atom stereocenters. The van der Waals surface area contributed by atoms with Crippen molar-refractivity contribution in [2.24, 2.45) is 85.6 Å². The van der Waals surface area contributed by atoms with E-state index in [1.54, 1.807) is 30.5 Å². The number of para-hydroxylation sites is 1. The lowest BCUT2D eigenvalue weighted by Crippen LogP contribution is -2.52. The number of rotatable bonds is 26. The fourth-order valence-corrected chi connectivity index (χ4v) is 16.1. The summed E-state index contributed by atoms with van der Waals surface area (Å²) in [6.07, 6.45) is -6.02. The van der Waals surface area contributed by atoms with Gasteiger partial charge < -0.3 is 97.2 Å². The number of Topliss-reactive ketones (excluding diaryl/α,β-unsaturated/α-hetero) is 6. The Hall–Kier alpha value is -10.4. The second kappa shape index (κ2) is 45.2. The lowest BCUT2D eigenvalue weighted by Gasteiger charge is -2.30. The molecule has 9 amide bonds. The third kappa shape index (κ3) is 29.4. The van der Waals surface area contributed by atoms with Crippen molar-refractivity contribution >= 4 is 138 Å². The number of hydrogen-bond acceptors (Lipinski definition) is 24. The SMILES string of the molecule is C[C@@H](O)[C@@H]1NC(=O)[C@H]2CC(=O)[C@@H](NC(=O)CN)CSSC[C@H](NC(=O)[C@H](CCCN=C(N)N)CC(=O)[C@@H]3CCCN3C(=O)[C@H](CC(=O)O)CC1=O)C(=O)C[C@@H](CCCNC(N)=O)C(=O)N[C@@H](Cc1c[nH]c3ccccc13)C(=O)C[C@@H](CCC(N)=O)C(=O)N[C@H](C(=O)C[C@@H](CCCN=C(N)N)C(=O)O)CCCn1cc(nn1)C2. The van der Waals surface area contributed by atoms with Crippen molar-refractivity contribution in [3.05, 3.63) is 47.9 Å². The number of H-pyrrole nitrogens is 1. The molecule has 614 valence electrons. The second-order valence-corrected chi connectivity index (χ2v) is 30.9. The normalized spacial score (nSPS) is 24.2. The Balaban J connectivity index is 1.57. The van der Waals surface area contributed by atoms with Gasteiger partial charge in [0, 0.05) is 143 Å². The number of amides is 9. The quantitative estimate of drug-likeness (QED) is 0.0169. The number of carbonyl (C=O) groups is 16. The van der Waals surface area contributed by atoms with Crippen LogP contribution in [0.25, 0.3) is 10.9 Å². The lowest BCUT2D eigenvalue weighted by molar-refractivity contribution is -0.148. The van der Waals surface area contributed by atoms with Gasteiger partial charge in [-0.2, -0.15) is 0 Å². The number of primary amides is 2. The van der Waals surface area contributed by atoms with Gasteiger partial charge in [-0.15, -0.1) is 5.10 Å². The van der Waals surface area contributed by atoms with E-state index in [-0.39, 0.29) is 139 Å². The molecule has 13 atom stereocenters. The van der Waals surface area contributed by atoms with E-state index in [4.69, 9.17) is 40.1 Å². The highest BCUT2D eigenvalue weighted by atomic mass is 33.1. The van der Waals surface area contributed by atoms with Gasteiger partial charge in [-0.25, -0.2) is 4.79 Å². The molecule has 2 saturated heterocycles. The van der Waals surface area contributed by atoms with Gasteiger partial charge in [-0.05, 0) is 89.2 Å². The van der Waals surface area contributed by atoms with Crippen LogP contribution < -0.4 is 72.0 Å². The number of aliphatic imine (C=N–C) groups is 2. The molecule has 2 aromatic heterocycles. The minimum Gasteiger partial charge on any atom is -0.481 e. The number of nitrogens with zero attached hydrogens (tertiary/aromatic N) is 6. The smallest absolute Gasteiger partial charge is 0.312 e. The van der Waals surface area contributed by atoms with Crippen molar-refractivity contribution in [1.82, 2.24) is 56.8 Å². The highest BCUT2D eigenvalue weighted by Crippen LogP contribution is 2.31. The summed E-state index contributed by atoms with van der Waals surface area (Å²) in [6, 6.07) is -3.25. The Kier molecular flexibility index (Phi) is 36.5. The number of guanidine groups is 2. The maximum atomic E-state index is 15.5. The van der Waals surface area contributed by atoms with Gasteiger partial charge in [-0.3, -0.25) is 86.6 Å². The standard InChI is InChI=1S/C71H104N20O19S2/c1-37(92)62-58(98)30-43(31-61(101)102)67(107)91-22-8-15-52(91)57(97)27-39(9-4-18-79-69(74)75)64(104)86-51-36-112-111-35-50(83-60(100)32-72)56(96)29-42(66(106)87-62)23-45-34-90(89-88-45)21-7-14-48(53(93)28-41(68(108)109)11-6-19-80-70(76)77)84-65(105)40(16-17-59(73)99)26-54(94)49(24-44-33-82-47-13-3-2-12-46(44)47)85-63(103)38(25-55(51)95)10-5-20-81-71(78)110/h2-3,12-13,33-34,37-43,48-52,62,82,92H,4-11,14-32,35-36,72H2,1H3,(H2,73,99)(H,83,100)(H,84,105)(H,85,103)(H,86,104)(H,87,106)(H,101,102)(H,108,109)(H4,74,75,79)(H4,76,77,80)(H3,78,81,110)/t37-,38-,39-,40-,41-,42-,43+,48+,49+,50+,51+,52+,62+/m1/s1. The minimum absolute atomic E-state index is 0.0100.